The smallest absolute Gasteiger partial charge is 0.0976 e. The van der Waals surface area contributed by atoms with E-state index in [2.05, 4.69) is 10.4 Å². The van der Waals surface area contributed by atoms with Gasteiger partial charge >= 0.3 is 0 Å². The van der Waals surface area contributed by atoms with Crippen LogP contribution in [-0.2, 0) is 6.42 Å². The highest BCUT2D eigenvalue weighted by Gasteiger charge is 2.05. The van der Waals surface area contributed by atoms with E-state index in [1.165, 1.54) is 5.56 Å². The maximum absolute atomic E-state index is 5.90. The Kier molecular flexibility index (Phi) is 5.82. The molecule has 5 heteroatoms. The van der Waals surface area contributed by atoms with Crippen LogP contribution in [0.1, 0.15) is 10.6 Å². The third-order valence-electron chi connectivity index (χ3n) is 2.96. The van der Waals surface area contributed by atoms with E-state index in [4.69, 9.17) is 23.2 Å². The van der Waals surface area contributed by atoms with E-state index in [-0.39, 0.29) is 17.0 Å². The normalized spacial score (nSPS) is 10.2. The summed E-state index contributed by atoms with van der Waals surface area (Å²) in [6, 6.07) is 15.6. The molecule has 0 saturated carbocycles. The third-order valence-corrected chi connectivity index (χ3v) is 4.31. The Balaban J connectivity index is 0.00000161. The first-order valence-corrected chi connectivity index (χ1v) is 7.79. The van der Waals surface area contributed by atoms with Crippen molar-refractivity contribution in [2.45, 2.75) is 6.42 Å². The molecule has 108 valence electrons. The summed E-state index contributed by atoms with van der Waals surface area (Å²) >= 11 is 13.5. The summed E-state index contributed by atoms with van der Waals surface area (Å²) in [7, 11) is 0. The number of hydrogen-bond acceptors (Lipinski definition) is 2. The van der Waals surface area contributed by atoms with Crippen LogP contribution < -0.4 is 17.0 Å². The molecule has 1 heterocycles. The predicted octanol–water partition coefficient (Wildman–Crippen LogP) is 2.71. The highest BCUT2D eigenvalue weighted by Crippen LogP contribution is 2.25. The fourth-order valence-electron chi connectivity index (χ4n) is 1.92. The monoisotopic (exact) mass is 398 g/mol. The van der Waals surface area contributed by atoms with Crippen molar-refractivity contribution >= 4 is 34.5 Å². The van der Waals surface area contributed by atoms with Crippen molar-refractivity contribution in [1.29, 1.82) is 0 Å². The molecule has 0 bridgehead atoms. The third kappa shape index (κ3) is 4.30. The van der Waals surface area contributed by atoms with Crippen molar-refractivity contribution in [1.82, 2.24) is 4.98 Å². The first-order chi connectivity index (χ1) is 9.70. The molecule has 3 rings (SSSR count). The second-order valence-corrected chi connectivity index (χ2v) is 6.25. The van der Waals surface area contributed by atoms with Gasteiger partial charge in [0, 0.05) is 27.4 Å². The minimum Gasteiger partial charge on any atom is -1.00 e. The summed E-state index contributed by atoms with van der Waals surface area (Å²) in [4.78, 5) is 4.67. The number of halogens is 3. The molecule has 0 aliphatic rings. The van der Waals surface area contributed by atoms with Crippen LogP contribution in [0.15, 0.2) is 53.9 Å². The van der Waals surface area contributed by atoms with Gasteiger partial charge in [-0.25, -0.2) is 4.98 Å². The first-order valence-electron chi connectivity index (χ1n) is 6.15. The van der Waals surface area contributed by atoms with E-state index < -0.39 is 0 Å². The molecule has 21 heavy (non-hydrogen) atoms. The molecule has 0 N–H and O–H groups in total. The van der Waals surface area contributed by atoms with Gasteiger partial charge in [-0.05, 0) is 29.8 Å². The second-order valence-electron chi connectivity index (χ2n) is 4.44. The Morgan fingerprint density at radius 2 is 1.43 bits per heavy atom. The molecule has 3 aromatic rings. The van der Waals surface area contributed by atoms with Gasteiger partial charge in [0.15, 0.2) is 0 Å². The molecule has 1 aromatic heterocycles. The van der Waals surface area contributed by atoms with E-state index in [1.807, 2.05) is 48.5 Å². The lowest BCUT2D eigenvalue weighted by molar-refractivity contribution is -0.00000377. The quantitative estimate of drug-likeness (QED) is 0.659. The minimum atomic E-state index is 0. The fourth-order valence-corrected chi connectivity index (χ4v) is 3.01. The molecule has 0 aliphatic carbocycles. The van der Waals surface area contributed by atoms with E-state index in [0.29, 0.717) is 0 Å². The van der Waals surface area contributed by atoms with Gasteiger partial charge in [0.2, 0.25) is 0 Å². The van der Waals surface area contributed by atoms with Crippen molar-refractivity contribution in [3.8, 4) is 11.3 Å². The lowest BCUT2D eigenvalue weighted by atomic mass is 10.1. The van der Waals surface area contributed by atoms with Crippen LogP contribution >= 0.6 is 34.5 Å². The number of rotatable bonds is 3. The van der Waals surface area contributed by atoms with Gasteiger partial charge in [-0.15, -0.1) is 11.3 Å². The average molecular weight is 400 g/mol. The van der Waals surface area contributed by atoms with Crippen LogP contribution in [-0.4, -0.2) is 4.98 Å². The van der Waals surface area contributed by atoms with Crippen LogP contribution in [0.4, 0.5) is 0 Å². The van der Waals surface area contributed by atoms with E-state index in [1.54, 1.807) is 11.3 Å². The van der Waals surface area contributed by atoms with E-state index in [9.17, 15) is 0 Å². The lowest BCUT2D eigenvalue weighted by Crippen LogP contribution is -3.00. The number of benzene rings is 2. The molecular formula is C16H11BrCl2NS-. The highest BCUT2D eigenvalue weighted by molar-refractivity contribution is 7.10. The summed E-state index contributed by atoms with van der Waals surface area (Å²) in [6.07, 6.45) is 0.829. The lowest BCUT2D eigenvalue weighted by Gasteiger charge is -1.98. The van der Waals surface area contributed by atoms with Crippen LogP contribution in [0.3, 0.4) is 0 Å². The van der Waals surface area contributed by atoms with E-state index >= 15 is 0 Å². The zero-order chi connectivity index (χ0) is 13.9. The molecule has 2 aromatic carbocycles. The summed E-state index contributed by atoms with van der Waals surface area (Å²) < 4.78 is 0. The van der Waals surface area contributed by atoms with Gasteiger partial charge in [0.05, 0.1) is 10.7 Å². The molecule has 0 amide bonds. The Bertz CT molecular complexity index is 708. The van der Waals surface area contributed by atoms with Gasteiger partial charge < -0.3 is 17.0 Å². The van der Waals surface area contributed by atoms with Crippen LogP contribution in [0.2, 0.25) is 10.0 Å². The second kappa shape index (κ2) is 7.41. The van der Waals surface area contributed by atoms with Gasteiger partial charge in [-0.2, -0.15) is 0 Å². The van der Waals surface area contributed by atoms with Crippen molar-refractivity contribution in [3.05, 3.63) is 74.5 Å². The minimum absolute atomic E-state index is 0. The molecule has 0 atom stereocenters. The Morgan fingerprint density at radius 3 is 2.05 bits per heavy atom. The first kappa shape index (κ1) is 16.5. The van der Waals surface area contributed by atoms with Gasteiger partial charge in [0.1, 0.15) is 0 Å². The number of thiazole rings is 1. The molecular weight excluding hydrogens is 389 g/mol. The zero-order valence-electron chi connectivity index (χ0n) is 10.9. The Hall–Kier alpha value is -0.870. The summed E-state index contributed by atoms with van der Waals surface area (Å²) in [5.41, 5.74) is 3.30. The number of hydrogen-bond donors (Lipinski definition) is 0. The zero-order valence-corrected chi connectivity index (χ0v) is 14.8. The molecule has 0 spiro atoms. The number of aromatic nitrogens is 1. The number of nitrogens with zero attached hydrogens (tertiary/aromatic N) is 1. The van der Waals surface area contributed by atoms with E-state index in [0.717, 1.165) is 32.7 Å². The van der Waals surface area contributed by atoms with Gasteiger partial charge in [0.25, 0.3) is 0 Å². The standard InChI is InChI=1S/C16H11Cl2NS.BrH/c17-13-5-1-11(2-6-13)9-16-19-15(10-20-16)12-3-7-14(18)8-4-12;/h1-8,10H,9H2;1H/p-1. The van der Waals surface area contributed by atoms with Crippen molar-refractivity contribution in [2.24, 2.45) is 0 Å². The fraction of sp³-hybridized carbons (Fsp3) is 0.0625. The summed E-state index contributed by atoms with van der Waals surface area (Å²) in [5.74, 6) is 0. The maximum atomic E-state index is 5.90. The molecule has 0 fully saturated rings. The molecule has 0 unspecified atom stereocenters. The summed E-state index contributed by atoms with van der Waals surface area (Å²) in [6.45, 7) is 0. The SMILES string of the molecule is Clc1ccc(Cc2nc(-c3ccc(Cl)cc3)cs2)cc1.[Br-]. The highest BCUT2D eigenvalue weighted by atomic mass is 79.9. The van der Waals surface area contributed by atoms with Gasteiger partial charge in [-0.1, -0.05) is 47.5 Å². The molecule has 0 radical (unpaired) electrons. The average Bonchev–Trinajstić information content (AvgIpc) is 2.91. The van der Waals surface area contributed by atoms with Crippen LogP contribution in [0, 0.1) is 0 Å². The van der Waals surface area contributed by atoms with Crippen LogP contribution in [0.25, 0.3) is 11.3 Å². The Labute approximate surface area is 148 Å². The van der Waals surface area contributed by atoms with Gasteiger partial charge in [-0.3, -0.25) is 0 Å². The van der Waals surface area contributed by atoms with Crippen molar-refractivity contribution in [2.75, 3.05) is 0 Å². The van der Waals surface area contributed by atoms with Crippen LogP contribution in [0.5, 0.6) is 0 Å². The molecule has 0 aliphatic heterocycles. The summed E-state index contributed by atoms with van der Waals surface area (Å²) in [5, 5.41) is 4.67. The van der Waals surface area contributed by atoms with Crippen molar-refractivity contribution < 1.29 is 17.0 Å². The Morgan fingerprint density at radius 1 is 0.857 bits per heavy atom. The topological polar surface area (TPSA) is 12.9 Å². The largest absolute Gasteiger partial charge is 1.00 e. The van der Waals surface area contributed by atoms with Crippen molar-refractivity contribution in [3.63, 3.8) is 0 Å². The maximum Gasteiger partial charge on any atom is 0.0976 e. The molecule has 1 nitrogen and oxygen atoms in total. The molecule has 0 saturated heterocycles. The predicted molar refractivity (Wildman–Crippen MR) is 86.8 cm³/mol.